The fourth-order valence-corrected chi connectivity index (χ4v) is 2.46. The molecular weight excluding hydrogens is 280 g/mol. The third kappa shape index (κ3) is 3.39. The van der Waals surface area contributed by atoms with Gasteiger partial charge < -0.3 is 10.4 Å². The van der Waals surface area contributed by atoms with Crippen molar-refractivity contribution in [1.82, 2.24) is 0 Å². The smallest absolute Gasteiger partial charge is 0.229 e. The topological polar surface area (TPSA) is 95.5 Å². The Bertz CT molecular complexity index is 784. The Kier molecular flexibility index (Phi) is 3.54. The van der Waals surface area contributed by atoms with E-state index < -0.39 is 10.0 Å². The highest BCUT2D eigenvalue weighted by Gasteiger charge is 2.09. The Morgan fingerprint density at radius 1 is 1.20 bits per heavy atom. The fraction of sp³-hybridized carbons (Fsp3) is 0.154. The molecule has 0 saturated carbocycles. The maximum Gasteiger partial charge on any atom is 0.229 e. The third-order valence-electron chi connectivity index (χ3n) is 2.55. The number of rotatable bonds is 3. The molecule has 0 aliphatic carbocycles. The van der Waals surface area contributed by atoms with Gasteiger partial charge in [0.25, 0.3) is 0 Å². The zero-order valence-corrected chi connectivity index (χ0v) is 11.8. The molecular formula is C13H14N2O4S. The van der Waals surface area contributed by atoms with Crippen LogP contribution in [-0.2, 0) is 14.8 Å². The van der Waals surface area contributed by atoms with Gasteiger partial charge in [-0.3, -0.25) is 9.52 Å². The Hall–Kier alpha value is -2.28. The molecule has 0 spiro atoms. The zero-order valence-electron chi connectivity index (χ0n) is 11.0. The van der Waals surface area contributed by atoms with Crippen molar-refractivity contribution >= 4 is 38.1 Å². The van der Waals surface area contributed by atoms with Crippen molar-refractivity contribution in [2.45, 2.75) is 6.92 Å². The number of aromatic hydroxyl groups is 1. The largest absolute Gasteiger partial charge is 0.508 e. The second kappa shape index (κ2) is 5.01. The number of amides is 1. The lowest BCUT2D eigenvalue weighted by Gasteiger charge is -2.11. The van der Waals surface area contributed by atoms with Crippen LogP contribution in [0.4, 0.5) is 11.4 Å². The molecule has 0 aromatic heterocycles. The first kappa shape index (κ1) is 14.1. The van der Waals surface area contributed by atoms with Gasteiger partial charge in [-0.2, -0.15) is 0 Å². The number of hydrogen-bond acceptors (Lipinski definition) is 4. The predicted octanol–water partition coefficient (Wildman–Crippen LogP) is 1.88. The van der Waals surface area contributed by atoms with Crippen molar-refractivity contribution in [2.24, 2.45) is 0 Å². The second-order valence-electron chi connectivity index (χ2n) is 4.48. The number of benzene rings is 2. The summed E-state index contributed by atoms with van der Waals surface area (Å²) in [5, 5.41) is 13.5. The van der Waals surface area contributed by atoms with E-state index in [0.29, 0.717) is 22.1 Å². The monoisotopic (exact) mass is 294 g/mol. The van der Waals surface area contributed by atoms with E-state index in [9.17, 15) is 18.3 Å². The Balaban J connectivity index is 2.63. The highest BCUT2D eigenvalue weighted by Crippen LogP contribution is 2.31. The van der Waals surface area contributed by atoms with E-state index in [1.165, 1.54) is 25.1 Å². The summed E-state index contributed by atoms with van der Waals surface area (Å²) < 4.78 is 24.9. The first-order valence-electron chi connectivity index (χ1n) is 5.77. The number of phenolic OH excluding ortho intramolecular Hbond substituents is 1. The summed E-state index contributed by atoms with van der Waals surface area (Å²) in [5.74, 6) is -0.223. The molecule has 0 heterocycles. The third-order valence-corrected chi connectivity index (χ3v) is 3.16. The molecule has 0 aliphatic rings. The molecule has 2 aromatic carbocycles. The second-order valence-corrected chi connectivity index (χ2v) is 6.23. The van der Waals surface area contributed by atoms with E-state index in [-0.39, 0.29) is 11.7 Å². The van der Waals surface area contributed by atoms with Crippen LogP contribution in [0, 0.1) is 0 Å². The van der Waals surface area contributed by atoms with Gasteiger partial charge in [0.1, 0.15) is 5.75 Å². The van der Waals surface area contributed by atoms with Crippen LogP contribution in [0.25, 0.3) is 10.8 Å². The Labute approximate surface area is 116 Å². The number of fused-ring (bicyclic) bond motifs is 1. The summed E-state index contributed by atoms with van der Waals surface area (Å²) in [7, 11) is -3.41. The van der Waals surface area contributed by atoms with Crippen LogP contribution in [0.1, 0.15) is 6.92 Å². The highest BCUT2D eigenvalue weighted by atomic mass is 32.2. The van der Waals surface area contributed by atoms with Crippen molar-refractivity contribution in [3.8, 4) is 5.75 Å². The van der Waals surface area contributed by atoms with Crippen LogP contribution in [0.3, 0.4) is 0 Å². The molecule has 0 aliphatic heterocycles. The van der Waals surface area contributed by atoms with Gasteiger partial charge in [-0.05, 0) is 29.7 Å². The standard InChI is InChI=1S/C13H14N2O4S/c1-8(16)14-13-6-10(15-20(2,18)19)5-9-3-4-11(17)7-12(9)13/h3-7,15,17H,1-2H3,(H,14,16). The first-order chi connectivity index (χ1) is 9.24. The molecule has 0 bridgehead atoms. The van der Waals surface area contributed by atoms with Gasteiger partial charge in [-0.15, -0.1) is 0 Å². The molecule has 1 amide bonds. The van der Waals surface area contributed by atoms with E-state index in [1.54, 1.807) is 12.1 Å². The molecule has 0 saturated heterocycles. The number of carbonyl (C=O) groups excluding carboxylic acids is 1. The molecule has 0 radical (unpaired) electrons. The van der Waals surface area contributed by atoms with Crippen molar-refractivity contribution in [2.75, 3.05) is 16.3 Å². The Morgan fingerprint density at radius 2 is 1.90 bits per heavy atom. The van der Waals surface area contributed by atoms with Crippen LogP contribution < -0.4 is 10.0 Å². The summed E-state index contributed by atoms with van der Waals surface area (Å²) in [4.78, 5) is 11.2. The maximum atomic E-state index is 11.3. The molecule has 2 rings (SSSR count). The average molecular weight is 294 g/mol. The summed E-state index contributed by atoms with van der Waals surface area (Å²) in [6, 6.07) is 7.77. The van der Waals surface area contributed by atoms with Crippen LogP contribution in [0.2, 0.25) is 0 Å². The van der Waals surface area contributed by atoms with Gasteiger partial charge in [0, 0.05) is 12.3 Å². The van der Waals surface area contributed by atoms with Crippen LogP contribution >= 0.6 is 0 Å². The van der Waals surface area contributed by atoms with Crippen molar-refractivity contribution in [3.05, 3.63) is 30.3 Å². The summed E-state index contributed by atoms with van der Waals surface area (Å²) in [5.41, 5.74) is 0.770. The Morgan fingerprint density at radius 3 is 2.50 bits per heavy atom. The minimum atomic E-state index is -3.41. The molecule has 20 heavy (non-hydrogen) atoms. The SMILES string of the molecule is CC(=O)Nc1cc(NS(C)(=O)=O)cc2ccc(O)cc12. The molecule has 0 atom stereocenters. The summed E-state index contributed by atoms with van der Waals surface area (Å²) in [6.07, 6.45) is 1.05. The predicted molar refractivity (Wildman–Crippen MR) is 78.4 cm³/mol. The van der Waals surface area contributed by atoms with Gasteiger partial charge in [0.2, 0.25) is 15.9 Å². The first-order valence-corrected chi connectivity index (χ1v) is 7.66. The zero-order chi connectivity index (χ0) is 14.9. The van der Waals surface area contributed by atoms with Gasteiger partial charge >= 0.3 is 0 Å². The van der Waals surface area contributed by atoms with Gasteiger partial charge in [0.05, 0.1) is 17.6 Å². The van der Waals surface area contributed by atoms with Crippen LogP contribution in [-0.4, -0.2) is 25.7 Å². The highest BCUT2D eigenvalue weighted by molar-refractivity contribution is 7.92. The molecule has 7 heteroatoms. The van der Waals surface area contributed by atoms with Gasteiger partial charge in [0.15, 0.2) is 0 Å². The lowest BCUT2D eigenvalue weighted by molar-refractivity contribution is -0.114. The maximum absolute atomic E-state index is 11.3. The molecule has 106 valence electrons. The molecule has 0 fully saturated rings. The van der Waals surface area contributed by atoms with Gasteiger partial charge in [-0.25, -0.2) is 8.42 Å². The average Bonchev–Trinajstić information content (AvgIpc) is 2.27. The van der Waals surface area contributed by atoms with Crippen LogP contribution in [0.15, 0.2) is 30.3 Å². The lowest BCUT2D eigenvalue weighted by Crippen LogP contribution is -2.11. The van der Waals surface area contributed by atoms with E-state index >= 15 is 0 Å². The van der Waals surface area contributed by atoms with E-state index in [2.05, 4.69) is 10.0 Å². The van der Waals surface area contributed by atoms with Crippen LogP contribution in [0.5, 0.6) is 5.75 Å². The molecule has 6 nitrogen and oxygen atoms in total. The van der Waals surface area contributed by atoms with Crippen molar-refractivity contribution < 1.29 is 18.3 Å². The number of sulfonamides is 1. The normalized spacial score (nSPS) is 11.3. The number of nitrogens with one attached hydrogen (secondary N) is 2. The van der Waals surface area contributed by atoms with Gasteiger partial charge in [-0.1, -0.05) is 6.07 Å². The fourth-order valence-electron chi connectivity index (χ4n) is 1.91. The molecule has 0 unspecified atom stereocenters. The molecule has 3 N–H and O–H groups in total. The number of carbonyl (C=O) groups is 1. The summed E-state index contributed by atoms with van der Waals surface area (Å²) >= 11 is 0. The number of anilines is 2. The quantitative estimate of drug-likeness (QED) is 0.805. The minimum absolute atomic E-state index is 0.0629. The van der Waals surface area contributed by atoms with E-state index in [4.69, 9.17) is 0 Å². The van der Waals surface area contributed by atoms with Crippen molar-refractivity contribution in [1.29, 1.82) is 0 Å². The molecule has 2 aromatic rings. The minimum Gasteiger partial charge on any atom is -0.508 e. The van der Waals surface area contributed by atoms with E-state index in [0.717, 1.165) is 6.26 Å². The number of hydrogen-bond donors (Lipinski definition) is 3. The summed E-state index contributed by atoms with van der Waals surface area (Å²) in [6.45, 7) is 1.35. The van der Waals surface area contributed by atoms with E-state index in [1.807, 2.05) is 0 Å². The number of phenols is 1. The van der Waals surface area contributed by atoms with Crippen molar-refractivity contribution in [3.63, 3.8) is 0 Å². The lowest BCUT2D eigenvalue weighted by atomic mass is 10.1.